The second kappa shape index (κ2) is 14.3. The van der Waals surface area contributed by atoms with Crippen molar-refractivity contribution < 1.29 is 28.5 Å². The number of thioether (sulfide) groups is 1. The van der Waals surface area contributed by atoms with Crippen LogP contribution in [0.3, 0.4) is 0 Å². The van der Waals surface area contributed by atoms with Crippen LogP contribution in [0.25, 0.3) is 0 Å². The van der Waals surface area contributed by atoms with Crippen molar-refractivity contribution in [3.63, 3.8) is 0 Å². The van der Waals surface area contributed by atoms with Gasteiger partial charge in [-0.1, -0.05) is 36.0 Å². The molecule has 0 bridgehead atoms. The van der Waals surface area contributed by atoms with E-state index in [9.17, 15) is 9.59 Å². The number of piperazine rings is 1. The van der Waals surface area contributed by atoms with Crippen molar-refractivity contribution in [2.75, 3.05) is 60.3 Å². The minimum atomic E-state index is -0.436. The quantitative estimate of drug-likeness (QED) is 0.223. The highest BCUT2D eigenvalue weighted by molar-refractivity contribution is 8.14. The summed E-state index contributed by atoms with van der Waals surface area (Å²) in [6.07, 6.45) is 1.36. The lowest BCUT2D eigenvalue weighted by Gasteiger charge is -2.32. The zero-order valence-electron chi connectivity index (χ0n) is 25.3. The normalized spacial score (nSPS) is 19.3. The lowest BCUT2D eigenvalue weighted by Crippen LogP contribution is -2.43. The molecule has 0 amide bonds. The number of rotatable bonds is 11. The highest BCUT2D eigenvalue weighted by Crippen LogP contribution is 2.39. The Hall–Kier alpha value is -3.53. The summed E-state index contributed by atoms with van der Waals surface area (Å²) < 4.78 is 22.2. The van der Waals surface area contributed by atoms with Crippen LogP contribution in [-0.2, 0) is 24.2 Å². The van der Waals surface area contributed by atoms with E-state index in [4.69, 9.17) is 18.9 Å². The molecule has 2 fully saturated rings. The summed E-state index contributed by atoms with van der Waals surface area (Å²) in [5.74, 6) is 2.60. The zero-order valence-corrected chi connectivity index (χ0v) is 26.2. The number of likely N-dealkylation sites (N-methyl/N-ethyl adjacent to an activating group) is 1. The number of ether oxygens (including phenoxy) is 4. The molecule has 2 atom stereocenters. The highest BCUT2D eigenvalue weighted by Gasteiger charge is 2.35. The van der Waals surface area contributed by atoms with Gasteiger partial charge in [-0.2, -0.15) is 0 Å². The molecule has 0 saturated carbocycles. The number of hydrogen-bond donors (Lipinski definition) is 0. The Morgan fingerprint density at radius 1 is 0.767 bits per heavy atom. The van der Waals surface area contributed by atoms with Crippen LogP contribution in [0.1, 0.15) is 27.0 Å². The van der Waals surface area contributed by atoms with Crippen LogP contribution < -0.4 is 18.9 Å². The van der Waals surface area contributed by atoms with E-state index in [-0.39, 0.29) is 17.0 Å². The predicted molar refractivity (Wildman–Crippen MR) is 169 cm³/mol. The largest absolute Gasteiger partial charge is 0.493 e. The Labute approximate surface area is 258 Å². The first-order valence-corrected chi connectivity index (χ1v) is 15.6. The van der Waals surface area contributed by atoms with E-state index in [0.717, 1.165) is 56.0 Å². The summed E-state index contributed by atoms with van der Waals surface area (Å²) >= 11 is 1.40. The molecule has 9 heteroatoms. The number of carbonyl (C=O) groups is 2. The Bertz CT molecular complexity index is 1420. The van der Waals surface area contributed by atoms with Gasteiger partial charge in [0.15, 0.2) is 28.1 Å². The molecular weight excluding hydrogens is 564 g/mol. The zero-order chi connectivity index (χ0) is 30.3. The predicted octanol–water partition coefficient (Wildman–Crippen LogP) is 4.97. The van der Waals surface area contributed by atoms with Crippen LogP contribution in [0.5, 0.6) is 23.0 Å². The number of methoxy groups -OCH3 is 3. The van der Waals surface area contributed by atoms with E-state index in [1.165, 1.54) is 17.3 Å². The Morgan fingerprint density at radius 2 is 1.35 bits per heavy atom. The average Bonchev–Trinajstić information content (AvgIpc) is 3.36. The van der Waals surface area contributed by atoms with E-state index >= 15 is 0 Å². The highest BCUT2D eigenvalue weighted by atomic mass is 32.2. The molecule has 0 aromatic heterocycles. The van der Waals surface area contributed by atoms with Crippen molar-refractivity contribution in [1.29, 1.82) is 0 Å². The molecule has 8 nitrogen and oxygen atoms in total. The van der Waals surface area contributed by atoms with Crippen molar-refractivity contribution in [3.8, 4) is 23.0 Å². The third kappa shape index (κ3) is 7.71. The van der Waals surface area contributed by atoms with Gasteiger partial charge in [0.05, 0.1) is 26.9 Å². The number of hydrogen-bond acceptors (Lipinski definition) is 9. The van der Waals surface area contributed by atoms with E-state index in [1.54, 1.807) is 27.4 Å². The topological polar surface area (TPSA) is 77.5 Å². The molecule has 2 saturated heterocycles. The number of nitrogens with zero attached hydrogens (tertiary/aromatic N) is 2. The number of benzene rings is 3. The van der Waals surface area contributed by atoms with Gasteiger partial charge in [0, 0.05) is 44.4 Å². The average molecular weight is 605 g/mol. The monoisotopic (exact) mass is 604 g/mol. The van der Waals surface area contributed by atoms with Gasteiger partial charge in [0.2, 0.25) is 0 Å². The Balaban J connectivity index is 1.21. The minimum Gasteiger partial charge on any atom is -0.493 e. The van der Waals surface area contributed by atoms with Crippen molar-refractivity contribution in [2.24, 2.45) is 11.8 Å². The first-order chi connectivity index (χ1) is 20.9. The van der Waals surface area contributed by atoms with Crippen molar-refractivity contribution in [2.45, 2.75) is 19.4 Å². The second-order valence-corrected chi connectivity index (χ2v) is 12.3. The van der Waals surface area contributed by atoms with E-state index in [0.29, 0.717) is 35.0 Å². The lowest BCUT2D eigenvalue weighted by molar-refractivity contribution is -0.114. The summed E-state index contributed by atoms with van der Waals surface area (Å²) in [6, 6.07) is 19.1. The summed E-state index contributed by atoms with van der Waals surface area (Å²) in [5, 5.41) is 0.205. The van der Waals surface area contributed by atoms with Gasteiger partial charge in [0.1, 0.15) is 0 Å². The number of carbonyl (C=O) groups excluding carboxylic acids is 2. The van der Waals surface area contributed by atoms with Crippen LogP contribution in [0.4, 0.5) is 0 Å². The van der Waals surface area contributed by atoms with Gasteiger partial charge in [-0.25, -0.2) is 4.79 Å². The maximum atomic E-state index is 13.0. The van der Waals surface area contributed by atoms with Gasteiger partial charge < -0.3 is 23.8 Å². The third-order valence-electron chi connectivity index (χ3n) is 8.34. The fraction of sp³-hybridized carbons (Fsp3) is 0.412. The minimum absolute atomic E-state index is 0.124. The second-order valence-electron chi connectivity index (χ2n) is 11.2. The van der Waals surface area contributed by atoms with Gasteiger partial charge in [-0.05, 0) is 78.9 Å². The molecule has 228 valence electrons. The lowest BCUT2D eigenvalue weighted by atomic mass is 9.85. The summed E-state index contributed by atoms with van der Waals surface area (Å²) in [4.78, 5) is 30.6. The van der Waals surface area contributed by atoms with Crippen molar-refractivity contribution in [3.05, 3.63) is 82.9 Å². The maximum Gasteiger partial charge on any atom is 0.343 e. The van der Waals surface area contributed by atoms with Crippen molar-refractivity contribution >= 4 is 22.8 Å². The molecule has 43 heavy (non-hydrogen) atoms. The first kappa shape index (κ1) is 30.9. The van der Waals surface area contributed by atoms with Gasteiger partial charge >= 0.3 is 5.97 Å². The van der Waals surface area contributed by atoms with Crippen LogP contribution in [0.15, 0.2) is 60.7 Å². The molecule has 2 heterocycles. The molecule has 3 aromatic carbocycles. The Morgan fingerprint density at radius 3 is 2.00 bits per heavy atom. The molecule has 0 radical (unpaired) electrons. The summed E-state index contributed by atoms with van der Waals surface area (Å²) in [7, 11) is 6.95. The molecule has 0 unspecified atom stereocenters. The molecule has 5 rings (SSSR count). The van der Waals surface area contributed by atoms with Crippen LogP contribution in [-0.4, -0.2) is 81.2 Å². The van der Waals surface area contributed by atoms with Crippen LogP contribution in [0, 0.1) is 11.8 Å². The molecule has 3 aromatic rings. The molecule has 0 aliphatic carbocycles. The Kier molecular flexibility index (Phi) is 10.3. The maximum absolute atomic E-state index is 13.0. The summed E-state index contributed by atoms with van der Waals surface area (Å²) in [6.45, 7) is 5.10. The summed E-state index contributed by atoms with van der Waals surface area (Å²) in [5.41, 5.74) is 3.73. The molecule has 0 N–H and O–H groups in total. The van der Waals surface area contributed by atoms with Gasteiger partial charge in [0.25, 0.3) is 0 Å². The third-order valence-corrected chi connectivity index (χ3v) is 9.52. The standard InChI is InChI=1S/C34H40N2O6S/c1-35-13-15-36(16-14-35)21-23-5-9-26(10-6-23)33(37)42-30-12-8-25(20-32(30)41-4)18-28-27(22-43-34(28)38)17-24-7-11-29(39-2)31(19-24)40-3/h5-12,19-20,27-28H,13-18,21-22H2,1-4H3/t27-,28+/m0/s1. The van der Waals surface area contributed by atoms with E-state index in [2.05, 4.69) is 16.8 Å². The van der Waals surface area contributed by atoms with Crippen LogP contribution in [0.2, 0.25) is 0 Å². The van der Waals surface area contributed by atoms with Crippen LogP contribution >= 0.6 is 11.8 Å². The SMILES string of the molecule is COc1ccc(C[C@H]2CSC(=O)[C@@H]2Cc2ccc(OC(=O)c3ccc(CN4CCN(C)CC4)cc3)c(OC)c2)cc1OC. The molecule has 2 aliphatic heterocycles. The van der Waals surface area contributed by atoms with Gasteiger partial charge in [-0.3, -0.25) is 9.69 Å². The first-order valence-electron chi connectivity index (χ1n) is 14.6. The van der Waals surface area contributed by atoms with Gasteiger partial charge in [-0.15, -0.1) is 0 Å². The van der Waals surface area contributed by atoms with Crippen molar-refractivity contribution in [1.82, 2.24) is 9.80 Å². The number of esters is 1. The van der Waals surface area contributed by atoms with E-state index in [1.807, 2.05) is 54.6 Å². The fourth-order valence-electron chi connectivity index (χ4n) is 5.71. The fourth-order valence-corrected chi connectivity index (χ4v) is 6.93. The smallest absolute Gasteiger partial charge is 0.343 e. The van der Waals surface area contributed by atoms with E-state index < -0.39 is 5.97 Å². The molecule has 0 spiro atoms. The molecule has 2 aliphatic rings. The molecular formula is C34H40N2O6S.